The Morgan fingerprint density at radius 3 is 2.52 bits per heavy atom. The second-order valence-electron chi connectivity index (χ2n) is 4.92. The van der Waals surface area contributed by atoms with E-state index in [1.165, 1.54) is 0 Å². The predicted molar refractivity (Wildman–Crippen MR) is 84.9 cm³/mol. The van der Waals surface area contributed by atoms with Crippen LogP contribution in [-0.4, -0.2) is 45.3 Å². The lowest BCUT2D eigenvalue weighted by atomic mass is 10.1. The molecule has 6 nitrogen and oxygen atoms in total. The predicted octanol–water partition coefficient (Wildman–Crippen LogP) is 2.59. The van der Waals surface area contributed by atoms with E-state index in [-0.39, 0.29) is 5.91 Å². The molecule has 2 aromatic rings. The van der Waals surface area contributed by atoms with E-state index in [0.717, 1.165) is 5.56 Å². The third kappa shape index (κ3) is 4.26. The SMILES string of the molecule is COCCN(Cc1ccoc1)C(=O)c1ccc(OC)c(OC)c1. The van der Waals surface area contributed by atoms with Crippen molar-refractivity contribution in [2.24, 2.45) is 0 Å². The van der Waals surface area contributed by atoms with Gasteiger partial charge in [-0.05, 0) is 24.3 Å². The molecule has 1 amide bonds. The maximum Gasteiger partial charge on any atom is 0.254 e. The van der Waals surface area contributed by atoms with Gasteiger partial charge in [0.25, 0.3) is 5.91 Å². The minimum Gasteiger partial charge on any atom is -0.493 e. The van der Waals surface area contributed by atoms with Gasteiger partial charge in [-0.1, -0.05) is 0 Å². The van der Waals surface area contributed by atoms with Crippen LogP contribution in [0.5, 0.6) is 11.5 Å². The van der Waals surface area contributed by atoms with Crippen molar-refractivity contribution < 1.29 is 23.4 Å². The number of methoxy groups -OCH3 is 3. The fourth-order valence-electron chi connectivity index (χ4n) is 2.21. The maximum absolute atomic E-state index is 12.8. The number of benzene rings is 1. The minimum absolute atomic E-state index is 0.107. The van der Waals surface area contributed by atoms with Gasteiger partial charge in [-0.15, -0.1) is 0 Å². The van der Waals surface area contributed by atoms with Crippen molar-refractivity contribution in [3.8, 4) is 11.5 Å². The number of carbonyl (C=O) groups is 1. The van der Waals surface area contributed by atoms with Crippen molar-refractivity contribution in [1.82, 2.24) is 4.90 Å². The van der Waals surface area contributed by atoms with Crippen molar-refractivity contribution in [2.45, 2.75) is 6.54 Å². The molecule has 0 saturated carbocycles. The first kappa shape index (κ1) is 16.9. The van der Waals surface area contributed by atoms with Gasteiger partial charge in [-0.2, -0.15) is 0 Å². The average Bonchev–Trinajstić information content (AvgIpc) is 3.10. The zero-order chi connectivity index (χ0) is 16.7. The van der Waals surface area contributed by atoms with Gasteiger partial charge < -0.3 is 23.5 Å². The Labute approximate surface area is 135 Å². The van der Waals surface area contributed by atoms with E-state index in [2.05, 4.69) is 0 Å². The van der Waals surface area contributed by atoms with Crippen LogP contribution in [-0.2, 0) is 11.3 Å². The third-order valence-electron chi connectivity index (χ3n) is 3.44. The Bertz CT molecular complexity index is 624. The molecule has 0 radical (unpaired) electrons. The van der Waals surface area contributed by atoms with Crippen molar-refractivity contribution in [1.29, 1.82) is 0 Å². The number of nitrogens with zero attached hydrogens (tertiary/aromatic N) is 1. The van der Waals surface area contributed by atoms with Crippen LogP contribution in [0.1, 0.15) is 15.9 Å². The summed E-state index contributed by atoms with van der Waals surface area (Å²) in [5.74, 6) is 1.000. The Morgan fingerprint density at radius 1 is 1.13 bits per heavy atom. The van der Waals surface area contributed by atoms with Gasteiger partial charge in [0.2, 0.25) is 0 Å². The van der Waals surface area contributed by atoms with Crippen LogP contribution in [0.4, 0.5) is 0 Å². The summed E-state index contributed by atoms with van der Waals surface area (Å²) in [6, 6.07) is 6.95. The zero-order valence-electron chi connectivity index (χ0n) is 13.6. The molecule has 0 fully saturated rings. The largest absolute Gasteiger partial charge is 0.493 e. The van der Waals surface area contributed by atoms with Crippen LogP contribution in [0.3, 0.4) is 0 Å². The second-order valence-corrected chi connectivity index (χ2v) is 4.92. The first-order chi connectivity index (χ1) is 11.2. The second kappa shape index (κ2) is 8.24. The van der Waals surface area contributed by atoms with E-state index in [1.807, 2.05) is 6.07 Å². The molecule has 0 atom stereocenters. The number of furan rings is 1. The summed E-state index contributed by atoms with van der Waals surface area (Å²) in [6.07, 6.45) is 3.21. The molecule has 23 heavy (non-hydrogen) atoms. The average molecular weight is 319 g/mol. The molecule has 2 rings (SSSR count). The normalized spacial score (nSPS) is 10.4. The van der Waals surface area contributed by atoms with E-state index in [0.29, 0.717) is 36.8 Å². The zero-order valence-corrected chi connectivity index (χ0v) is 13.6. The van der Waals surface area contributed by atoms with Crippen molar-refractivity contribution in [3.05, 3.63) is 47.9 Å². The van der Waals surface area contributed by atoms with Crippen LogP contribution in [0.2, 0.25) is 0 Å². The number of amides is 1. The molecule has 1 aromatic carbocycles. The van der Waals surface area contributed by atoms with Gasteiger partial charge in [0, 0.05) is 31.3 Å². The number of rotatable bonds is 8. The van der Waals surface area contributed by atoms with Crippen molar-refractivity contribution in [3.63, 3.8) is 0 Å². The summed E-state index contributed by atoms with van der Waals surface area (Å²) in [6.45, 7) is 1.39. The van der Waals surface area contributed by atoms with Crippen LogP contribution in [0.25, 0.3) is 0 Å². The molecule has 0 aliphatic rings. The van der Waals surface area contributed by atoms with E-state index >= 15 is 0 Å². The fourth-order valence-corrected chi connectivity index (χ4v) is 2.21. The molecule has 0 aliphatic heterocycles. The first-order valence-electron chi connectivity index (χ1n) is 7.21. The monoisotopic (exact) mass is 319 g/mol. The van der Waals surface area contributed by atoms with Gasteiger partial charge in [0.1, 0.15) is 0 Å². The number of hydrogen-bond acceptors (Lipinski definition) is 5. The summed E-state index contributed by atoms with van der Waals surface area (Å²) < 4.78 is 20.6. The van der Waals surface area contributed by atoms with Gasteiger partial charge >= 0.3 is 0 Å². The van der Waals surface area contributed by atoms with Gasteiger partial charge in [0.15, 0.2) is 11.5 Å². The molecule has 0 unspecified atom stereocenters. The van der Waals surface area contributed by atoms with E-state index in [1.54, 1.807) is 57.0 Å². The van der Waals surface area contributed by atoms with Gasteiger partial charge in [-0.25, -0.2) is 0 Å². The molecule has 124 valence electrons. The van der Waals surface area contributed by atoms with Crippen LogP contribution < -0.4 is 9.47 Å². The number of ether oxygens (including phenoxy) is 3. The quantitative estimate of drug-likeness (QED) is 0.748. The molecule has 0 N–H and O–H groups in total. The molecule has 6 heteroatoms. The lowest BCUT2D eigenvalue weighted by Gasteiger charge is -2.22. The molecule has 0 saturated heterocycles. The van der Waals surface area contributed by atoms with Gasteiger partial charge in [-0.3, -0.25) is 4.79 Å². The molecular weight excluding hydrogens is 298 g/mol. The van der Waals surface area contributed by atoms with Crippen molar-refractivity contribution in [2.75, 3.05) is 34.5 Å². The number of carbonyl (C=O) groups excluding carboxylic acids is 1. The lowest BCUT2D eigenvalue weighted by Crippen LogP contribution is -2.33. The summed E-state index contributed by atoms with van der Waals surface area (Å²) in [4.78, 5) is 14.5. The molecule has 1 aromatic heterocycles. The fraction of sp³-hybridized carbons (Fsp3) is 0.353. The van der Waals surface area contributed by atoms with Gasteiger partial charge in [0.05, 0.1) is 33.4 Å². The van der Waals surface area contributed by atoms with Crippen molar-refractivity contribution >= 4 is 5.91 Å². The number of hydrogen-bond donors (Lipinski definition) is 0. The summed E-state index contributed by atoms with van der Waals surface area (Å²) in [5, 5.41) is 0. The highest BCUT2D eigenvalue weighted by atomic mass is 16.5. The standard InChI is InChI=1S/C17H21NO5/c1-20-9-7-18(11-13-6-8-23-12-13)17(19)14-4-5-15(21-2)16(10-14)22-3/h4-6,8,10,12H,7,9,11H2,1-3H3. The van der Waals surface area contributed by atoms with E-state index in [4.69, 9.17) is 18.6 Å². The molecule has 1 heterocycles. The Hall–Kier alpha value is -2.47. The van der Waals surface area contributed by atoms with E-state index < -0.39 is 0 Å². The van der Waals surface area contributed by atoms with E-state index in [9.17, 15) is 4.79 Å². The lowest BCUT2D eigenvalue weighted by molar-refractivity contribution is 0.0679. The maximum atomic E-state index is 12.8. The molecule has 0 spiro atoms. The minimum atomic E-state index is -0.107. The van der Waals surface area contributed by atoms with Crippen LogP contribution in [0.15, 0.2) is 41.2 Å². The summed E-state index contributed by atoms with van der Waals surface area (Å²) >= 11 is 0. The third-order valence-corrected chi connectivity index (χ3v) is 3.44. The molecule has 0 bridgehead atoms. The topological polar surface area (TPSA) is 61.1 Å². The molecule has 0 aliphatic carbocycles. The smallest absolute Gasteiger partial charge is 0.254 e. The first-order valence-corrected chi connectivity index (χ1v) is 7.21. The highest BCUT2D eigenvalue weighted by molar-refractivity contribution is 5.95. The van der Waals surface area contributed by atoms with Crippen LogP contribution >= 0.6 is 0 Å². The highest BCUT2D eigenvalue weighted by Gasteiger charge is 2.18. The summed E-state index contributed by atoms with van der Waals surface area (Å²) in [7, 11) is 4.71. The Morgan fingerprint density at radius 2 is 1.91 bits per heavy atom. The van der Waals surface area contributed by atoms with Crippen LogP contribution in [0, 0.1) is 0 Å². The Balaban J connectivity index is 2.21. The highest BCUT2D eigenvalue weighted by Crippen LogP contribution is 2.28. The molecular formula is C17H21NO5. The Kier molecular flexibility index (Phi) is 6.05. The summed E-state index contributed by atoms with van der Waals surface area (Å²) in [5.41, 5.74) is 1.46.